The quantitative estimate of drug-likeness (QED) is 0.793. The molecular formula is C15H23ClN2O4S. The molecule has 0 bridgehead atoms. The summed E-state index contributed by atoms with van der Waals surface area (Å²) in [6, 6.07) is 6.45. The molecule has 130 valence electrons. The number of halogens is 1. The van der Waals surface area contributed by atoms with Crippen molar-refractivity contribution in [3.05, 3.63) is 24.3 Å². The predicted molar refractivity (Wildman–Crippen MR) is 90.9 cm³/mol. The van der Waals surface area contributed by atoms with Crippen molar-refractivity contribution in [1.29, 1.82) is 0 Å². The average Bonchev–Trinajstić information content (AvgIpc) is 2.48. The first-order chi connectivity index (χ1) is 10.4. The Morgan fingerprint density at radius 3 is 2.43 bits per heavy atom. The topological polar surface area (TPSA) is 84.5 Å². The highest BCUT2D eigenvalue weighted by Gasteiger charge is 2.15. The zero-order valence-electron chi connectivity index (χ0n) is 13.1. The van der Waals surface area contributed by atoms with Crippen LogP contribution in [0.15, 0.2) is 29.2 Å². The number of ether oxygens (including phenoxy) is 1. The first-order valence-corrected chi connectivity index (χ1v) is 9.27. The molecule has 1 aliphatic heterocycles. The van der Waals surface area contributed by atoms with E-state index in [4.69, 9.17) is 4.74 Å². The number of sulfone groups is 1. The van der Waals surface area contributed by atoms with Gasteiger partial charge in [0.1, 0.15) is 5.75 Å². The van der Waals surface area contributed by atoms with Crippen molar-refractivity contribution in [2.24, 2.45) is 0 Å². The van der Waals surface area contributed by atoms with Crippen LogP contribution < -0.4 is 15.4 Å². The lowest BCUT2D eigenvalue weighted by Crippen LogP contribution is -2.43. The van der Waals surface area contributed by atoms with Crippen LogP contribution in [0.5, 0.6) is 5.75 Å². The molecule has 1 aliphatic rings. The van der Waals surface area contributed by atoms with E-state index in [1.54, 1.807) is 12.1 Å². The summed E-state index contributed by atoms with van der Waals surface area (Å²) in [5, 5.41) is 6.24. The first-order valence-electron chi connectivity index (χ1n) is 7.38. The molecule has 0 spiro atoms. The number of piperidine rings is 1. The number of amides is 1. The zero-order valence-corrected chi connectivity index (χ0v) is 14.7. The van der Waals surface area contributed by atoms with Crippen molar-refractivity contribution in [2.75, 3.05) is 26.0 Å². The van der Waals surface area contributed by atoms with Crippen molar-refractivity contribution >= 4 is 28.2 Å². The van der Waals surface area contributed by atoms with Crippen molar-refractivity contribution in [1.82, 2.24) is 10.6 Å². The fourth-order valence-electron chi connectivity index (χ4n) is 2.31. The van der Waals surface area contributed by atoms with Gasteiger partial charge in [-0.2, -0.15) is 0 Å². The van der Waals surface area contributed by atoms with Gasteiger partial charge < -0.3 is 15.4 Å². The SMILES string of the molecule is CS(=O)(=O)c1ccc(OCCC(=O)NC2CCNCC2)cc1.Cl. The van der Waals surface area contributed by atoms with Crippen molar-refractivity contribution in [3.8, 4) is 5.75 Å². The Balaban J connectivity index is 0.00000264. The van der Waals surface area contributed by atoms with Gasteiger partial charge in [-0.05, 0) is 50.2 Å². The maximum absolute atomic E-state index is 11.8. The summed E-state index contributed by atoms with van der Waals surface area (Å²) in [4.78, 5) is 12.0. The second-order valence-corrected chi connectivity index (χ2v) is 7.45. The molecule has 0 saturated carbocycles. The Hall–Kier alpha value is -1.31. The van der Waals surface area contributed by atoms with E-state index in [1.807, 2.05) is 0 Å². The Kier molecular flexibility index (Phi) is 7.81. The van der Waals surface area contributed by atoms with Crippen LogP contribution >= 0.6 is 12.4 Å². The predicted octanol–water partition coefficient (Wildman–Crippen LogP) is 1.15. The van der Waals surface area contributed by atoms with E-state index in [0.29, 0.717) is 5.75 Å². The van der Waals surface area contributed by atoms with E-state index in [0.717, 1.165) is 32.2 Å². The van der Waals surface area contributed by atoms with Crippen LogP contribution in [-0.4, -0.2) is 46.3 Å². The molecule has 2 rings (SSSR count). The van der Waals surface area contributed by atoms with Crippen LogP contribution in [0, 0.1) is 0 Å². The van der Waals surface area contributed by atoms with E-state index < -0.39 is 9.84 Å². The van der Waals surface area contributed by atoms with Gasteiger partial charge >= 0.3 is 0 Å². The van der Waals surface area contributed by atoms with E-state index in [9.17, 15) is 13.2 Å². The number of hydrogen-bond acceptors (Lipinski definition) is 5. The average molecular weight is 363 g/mol. The smallest absolute Gasteiger partial charge is 0.223 e. The third-order valence-corrected chi connectivity index (χ3v) is 4.68. The lowest BCUT2D eigenvalue weighted by atomic mass is 10.1. The molecule has 0 radical (unpaired) electrons. The van der Waals surface area contributed by atoms with Crippen molar-refractivity contribution in [2.45, 2.75) is 30.2 Å². The largest absolute Gasteiger partial charge is 0.493 e. The summed E-state index contributed by atoms with van der Waals surface area (Å²) in [7, 11) is -3.19. The first kappa shape index (κ1) is 19.7. The molecule has 1 aromatic carbocycles. The number of carbonyl (C=O) groups excluding carboxylic acids is 1. The van der Waals surface area contributed by atoms with E-state index >= 15 is 0 Å². The summed E-state index contributed by atoms with van der Waals surface area (Å²) in [6.45, 7) is 2.15. The monoisotopic (exact) mass is 362 g/mol. The van der Waals surface area contributed by atoms with Gasteiger partial charge in [-0.1, -0.05) is 0 Å². The van der Waals surface area contributed by atoms with Gasteiger partial charge in [-0.3, -0.25) is 4.79 Å². The second kappa shape index (κ2) is 9.10. The second-order valence-electron chi connectivity index (χ2n) is 5.43. The highest BCUT2D eigenvalue weighted by atomic mass is 35.5. The Morgan fingerprint density at radius 2 is 1.87 bits per heavy atom. The van der Waals surface area contributed by atoms with Gasteiger partial charge in [0, 0.05) is 12.3 Å². The Labute approximate surface area is 143 Å². The van der Waals surface area contributed by atoms with E-state index in [1.165, 1.54) is 12.1 Å². The molecule has 6 nitrogen and oxygen atoms in total. The van der Waals surface area contributed by atoms with Crippen LogP contribution in [0.2, 0.25) is 0 Å². The van der Waals surface area contributed by atoms with Crippen LogP contribution in [0.25, 0.3) is 0 Å². The number of nitrogens with one attached hydrogen (secondary N) is 2. The molecule has 1 fully saturated rings. The van der Waals surface area contributed by atoms with Gasteiger partial charge in [0.15, 0.2) is 9.84 Å². The molecule has 1 saturated heterocycles. The molecule has 23 heavy (non-hydrogen) atoms. The molecule has 0 unspecified atom stereocenters. The van der Waals surface area contributed by atoms with Crippen LogP contribution in [0.3, 0.4) is 0 Å². The van der Waals surface area contributed by atoms with E-state index in [-0.39, 0.29) is 42.3 Å². The lowest BCUT2D eigenvalue weighted by Gasteiger charge is -2.23. The molecule has 8 heteroatoms. The van der Waals surface area contributed by atoms with Gasteiger partial charge in [-0.25, -0.2) is 8.42 Å². The molecule has 0 aromatic heterocycles. The van der Waals surface area contributed by atoms with Crippen LogP contribution in [0.1, 0.15) is 19.3 Å². The van der Waals surface area contributed by atoms with Gasteiger partial charge in [0.05, 0.1) is 17.9 Å². The fraction of sp³-hybridized carbons (Fsp3) is 0.533. The fourth-order valence-corrected chi connectivity index (χ4v) is 2.94. The number of carbonyl (C=O) groups is 1. The summed E-state index contributed by atoms with van der Waals surface area (Å²) in [5.41, 5.74) is 0. The normalized spacial score (nSPS) is 15.5. The third kappa shape index (κ3) is 6.76. The van der Waals surface area contributed by atoms with Gasteiger partial charge in [-0.15, -0.1) is 12.4 Å². The Morgan fingerprint density at radius 1 is 1.26 bits per heavy atom. The van der Waals surface area contributed by atoms with Crippen molar-refractivity contribution in [3.63, 3.8) is 0 Å². The molecular weight excluding hydrogens is 340 g/mol. The zero-order chi connectivity index (χ0) is 16.0. The maximum atomic E-state index is 11.8. The lowest BCUT2D eigenvalue weighted by molar-refractivity contribution is -0.122. The minimum atomic E-state index is -3.19. The summed E-state index contributed by atoms with van der Waals surface area (Å²) in [5.74, 6) is 0.543. The number of rotatable bonds is 6. The third-order valence-electron chi connectivity index (χ3n) is 3.55. The molecule has 0 atom stereocenters. The number of hydrogen-bond donors (Lipinski definition) is 2. The highest BCUT2D eigenvalue weighted by molar-refractivity contribution is 7.90. The molecule has 0 aliphatic carbocycles. The minimum absolute atomic E-state index is 0. The van der Waals surface area contributed by atoms with Gasteiger partial charge in [0.25, 0.3) is 0 Å². The van der Waals surface area contributed by atoms with Gasteiger partial charge in [0.2, 0.25) is 5.91 Å². The van der Waals surface area contributed by atoms with Crippen LogP contribution in [-0.2, 0) is 14.6 Å². The summed E-state index contributed by atoms with van der Waals surface area (Å²) >= 11 is 0. The summed E-state index contributed by atoms with van der Waals surface area (Å²) < 4.78 is 28.1. The Bertz CT molecular complexity index is 598. The van der Waals surface area contributed by atoms with E-state index in [2.05, 4.69) is 10.6 Å². The summed E-state index contributed by atoms with van der Waals surface area (Å²) in [6.07, 6.45) is 3.37. The highest BCUT2D eigenvalue weighted by Crippen LogP contribution is 2.15. The number of benzene rings is 1. The molecule has 1 amide bonds. The van der Waals surface area contributed by atoms with Crippen LogP contribution in [0.4, 0.5) is 0 Å². The van der Waals surface area contributed by atoms with Crippen molar-refractivity contribution < 1.29 is 17.9 Å². The molecule has 1 aromatic rings. The maximum Gasteiger partial charge on any atom is 0.223 e. The molecule has 2 N–H and O–H groups in total. The minimum Gasteiger partial charge on any atom is -0.493 e. The molecule has 1 heterocycles. The standard InChI is InChI=1S/C15H22N2O4S.ClH/c1-22(19,20)14-4-2-13(3-5-14)21-11-8-15(18)17-12-6-9-16-10-7-12;/h2-5,12,16H,6-11H2,1H3,(H,17,18);1H.